The van der Waals surface area contributed by atoms with Crippen molar-refractivity contribution in [2.75, 3.05) is 31.1 Å². The van der Waals surface area contributed by atoms with Gasteiger partial charge in [-0.1, -0.05) is 55.5 Å². The number of carbonyl (C=O) groups excluding carboxylic acids is 1. The number of alkyl halides is 3. The van der Waals surface area contributed by atoms with Gasteiger partial charge in [0.15, 0.2) is 5.60 Å². The van der Waals surface area contributed by atoms with E-state index >= 15 is 0 Å². The molecular weight excluding hydrogens is 523 g/mol. The van der Waals surface area contributed by atoms with Crippen molar-refractivity contribution in [3.63, 3.8) is 0 Å². The lowest BCUT2D eigenvalue weighted by molar-refractivity contribution is -0.142. The summed E-state index contributed by atoms with van der Waals surface area (Å²) in [7, 11) is 0. The molecule has 0 radical (unpaired) electrons. The number of oxazole rings is 1. The van der Waals surface area contributed by atoms with Gasteiger partial charge in [-0.25, -0.2) is 4.79 Å². The molecule has 4 rings (SSSR count). The highest BCUT2D eigenvalue weighted by molar-refractivity contribution is 6.32. The largest absolute Gasteiger partial charge is 0.419 e. The predicted molar refractivity (Wildman–Crippen MR) is 136 cm³/mol. The van der Waals surface area contributed by atoms with Crippen LogP contribution in [0.5, 0.6) is 0 Å². The van der Waals surface area contributed by atoms with E-state index in [9.17, 15) is 27.9 Å². The fourth-order valence-electron chi connectivity index (χ4n) is 4.57. The van der Waals surface area contributed by atoms with E-state index in [0.717, 1.165) is 15.5 Å². The highest BCUT2D eigenvalue weighted by Crippen LogP contribution is 2.51. The molecule has 1 aliphatic heterocycles. The maximum Gasteiger partial charge on any atom is 0.419 e. The van der Waals surface area contributed by atoms with Crippen LogP contribution in [0.25, 0.3) is 0 Å². The number of amides is 1. The number of hydrogen-bond acceptors (Lipinski definition) is 5. The highest BCUT2D eigenvalue weighted by atomic mass is 35.5. The lowest BCUT2D eigenvalue weighted by Crippen LogP contribution is -2.44. The van der Waals surface area contributed by atoms with Gasteiger partial charge < -0.3 is 19.3 Å². The van der Waals surface area contributed by atoms with E-state index in [2.05, 4.69) is 16.3 Å². The first kappa shape index (κ1) is 27.5. The number of rotatable bonds is 7. The minimum absolute atomic E-state index is 0.0309. The molecule has 1 unspecified atom stereocenters. The lowest BCUT2D eigenvalue weighted by Gasteiger charge is -2.27. The van der Waals surface area contributed by atoms with Crippen LogP contribution in [0.1, 0.15) is 36.1 Å². The Morgan fingerprint density at radius 1 is 1.16 bits per heavy atom. The van der Waals surface area contributed by atoms with Crippen molar-refractivity contribution in [3.05, 3.63) is 86.7 Å². The van der Waals surface area contributed by atoms with Crippen LogP contribution < -0.4 is 10.7 Å². The zero-order valence-electron chi connectivity index (χ0n) is 20.7. The minimum atomic E-state index is -4.92. The van der Waals surface area contributed by atoms with E-state index in [1.807, 2.05) is 18.7 Å². The van der Waals surface area contributed by atoms with Crippen molar-refractivity contribution in [2.24, 2.45) is 0 Å². The summed E-state index contributed by atoms with van der Waals surface area (Å²) in [5.41, 5.74) is -4.69. The summed E-state index contributed by atoms with van der Waals surface area (Å²) in [5.74, 6) is 3.73. The van der Waals surface area contributed by atoms with E-state index in [0.29, 0.717) is 19.6 Å². The van der Waals surface area contributed by atoms with Crippen molar-refractivity contribution in [1.29, 1.82) is 0 Å². The maximum absolute atomic E-state index is 14.5. The second-order valence-electron chi connectivity index (χ2n) is 8.69. The number of anilines is 1. The van der Waals surface area contributed by atoms with Crippen molar-refractivity contribution in [2.45, 2.75) is 32.2 Å². The van der Waals surface area contributed by atoms with Crippen LogP contribution >= 0.6 is 11.6 Å². The van der Waals surface area contributed by atoms with Gasteiger partial charge in [0.2, 0.25) is 0 Å². The normalized spacial score (nSPS) is 17.1. The third kappa shape index (κ3) is 4.97. The van der Waals surface area contributed by atoms with Crippen LogP contribution in [-0.2, 0) is 23.1 Å². The fraction of sp³-hybridized carbons (Fsp3) is 0.333. The Morgan fingerprint density at radius 2 is 1.87 bits per heavy atom. The first-order chi connectivity index (χ1) is 18.0. The Labute approximate surface area is 222 Å². The van der Waals surface area contributed by atoms with Crippen molar-refractivity contribution in [3.8, 4) is 11.8 Å². The average Bonchev–Trinajstić information content (AvgIpc) is 3.38. The summed E-state index contributed by atoms with van der Waals surface area (Å²) in [5, 5.41) is 11.8. The van der Waals surface area contributed by atoms with E-state index in [1.165, 1.54) is 36.7 Å². The van der Waals surface area contributed by atoms with Gasteiger partial charge in [0.1, 0.15) is 6.26 Å². The van der Waals surface area contributed by atoms with Crippen LogP contribution in [0.15, 0.2) is 58.1 Å². The summed E-state index contributed by atoms with van der Waals surface area (Å²) in [6, 6.07) is 7.95. The lowest BCUT2D eigenvalue weighted by atomic mass is 9.83. The van der Waals surface area contributed by atoms with Gasteiger partial charge in [-0.05, 0) is 31.3 Å². The van der Waals surface area contributed by atoms with Gasteiger partial charge in [-0.2, -0.15) is 13.2 Å². The van der Waals surface area contributed by atoms with E-state index in [-0.39, 0.29) is 34.9 Å². The minimum Gasteiger partial charge on any atom is -0.416 e. The second-order valence-corrected chi connectivity index (χ2v) is 9.10. The summed E-state index contributed by atoms with van der Waals surface area (Å²) < 4.78 is 49.2. The van der Waals surface area contributed by atoms with Crippen LogP contribution in [-0.4, -0.2) is 46.7 Å². The molecule has 7 nitrogen and oxygen atoms in total. The molecule has 0 bridgehead atoms. The molecule has 1 atom stereocenters. The van der Waals surface area contributed by atoms with Crippen molar-refractivity contribution in [1.82, 2.24) is 9.47 Å². The zero-order valence-corrected chi connectivity index (χ0v) is 21.4. The maximum atomic E-state index is 14.5. The molecule has 0 spiro atoms. The Bertz CT molecular complexity index is 1470. The summed E-state index contributed by atoms with van der Waals surface area (Å²) in [6.07, 6.45) is -2.39. The molecule has 0 saturated carbocycles. The molecule has 0 aliphatic carbocycles. The first-order valence-corrected chi connectivity index (χ1v) is 12.3. The Kier molecular flexibility index (Phi) is 7.74. The number of aliphatic hydroxyl groups is 1. The molecule has 1 N–H and O–H groups in total. The average molecular weight is 548 g/mol. The van der Waals surface area contributed by atoms with Crippen LogP contribution in [0.2, 0.25) is 5.02 Å². The van der Waals surface area contributed by atoms with Gasteiger partial charge in [0, 0.05) is 41.0 Å². The molecule has 1 aliphatic rings. The monoisotopic (exact) mass is 547 g/mol. The Balaban J connectivity index is 1.91. The van der Waals surface area contributed by atoms with Gasteiger partial charge in [0.05, 0.1) is 17.8 Å². The molecule has 0 saturated heterocycles. The molecule has 11 heteroatoms. The molecule has 2 aromatic carbocycles. The van der Waals surface area contributed by atoms with Gasteiger partial charge in [0.25, 0.3) is 5.91 Å². The van der Waals surface area contributed by atoms with Gasteiger partial charge >= 0.3 is 11.9 Å². The van der Waals surface area contributed by atoms with E-state index in [1.54, 1.807) is 6.07 Å². The summed E-state index contributed by atoms with van der Waals surface area (Å²) >= 11 is 6.30. The molecule has 0 fully saturated rings. The SMILES string of the molecule is CCN(CC)CCN1C(=O)C(O)(c2ccccc2Cl)c2c1cc(C#CCn1ccoc1=O)cc2C(F)(F)F. The third-order valence-electron chi connectivity index (χ3n) is 6.55. The molecular formula is C27H25ClF3N3O4. The van der Waals surface area contributed by atoms with Gasteiger partial charge in [-0.3, -0.25) is 9.36 Å². The fourth-order valence-corrected chi connectivity index (χ4v) is 4.84. The van der Waals surface area contributed by atoms with Crippen LogP contribution in [0.4, 0.5) is 18.9 Å². The zero-order chi connectivity index (χ0) is 27.7. The molecule has 200 valence electrons. The highest BCUT2D eigenvalue weighted by Gasteiger charge is 2.56. The van der Waals surface area contributed by atoms with Crippen LogP contribution in [0.3, 0.4) is 0 Å². The number of aromatic nitrogens is 1. The number of carbonyl (C=O) groups is 1. The number of halogens is 4. The molecule has 1 amide bonds. The second kappa shape index (κ2) is 10.7. The van der Waals surface area contributed by atoms with E-state index < -0.39 is 34.6 Å². The first-order valence-electron chi connectivity index (χ1n) is 11.9. The van der Waals surface area contributed by atoms with Crippen LogP contribution in [0, 0.1) is 11.8 Å². The van der Waals surface area contributed by atoms with Gasteiger partial charge in [-0.15, -0.1) is 0 Å². The summed E-state index contributed by atoms with van der Waals surface area (Å²) in [4.78, 5) is 28.5. The van der Waals surface area contributed by atoms with Crippen molar-refractivity contribution < 1.29 is 27.5 Å². The third-order valence-corrected chi connectivity index (χ3v) is 6.88. The molecule has 2 heterocycles. The predicted octanol–water partition coefficient (Wildman–Crippen LogP) is 4.09. The Morgan fingerprint density at radius 3 is 2.47 bits per heavy atom. The quantitative estimate of drug-likeness (QED) is 0.451. The Hall–Kier alpha value is -3.52. The summed E-state index contributed by atoms with van der Waals surface area (Å²) in [6.45, 7) is 5.52. The van der Waals surface area contributed by atoms with Crippen molar-refractivity contribution >= 4 is 23.2 Å². The number of hydrogen-bond donors (Lipinski definition) is 1. The smallest absolute Gasteiger partial charge is 0.416 e. The number of likely N-dealkylation sites (N-methyl/N-ethyl adjacent to an activating group) is 1. The molecule has 1 aromatic heterocycles. The topological polar surface area (TPSA) is 78.9 Å². The number of fused-ring (bicyclic) bond motifs is 1. The van der Waals surface area contributed by atoms with E-state index in [4.69, 9.17) is 11.6 Å². The molecule has 38 heavy (non-hydrogen) atoms. The number of benzene rings is 2. The standard InChI is InChI=1S/C27H25ClF3N3O4/c1-3-32(4-2)12-13-34-22-17-18(8-7-11-33-14-15-38-25(33)36)16-20(27(29,30)31)23(22)26(37,24(34)35)19-9-5-6-10-21(19)28/h5-6,9-10,14-17,37H,3-4,11-13H2,1-2H3. The number of nitrogens with zero attached hydrogens (tertiary/aromatic N) is 3. The molecule has 3 aromatic rings.